The monoisotopic (exact) mass is 330 g/mol. The molecule has 7 heteroatoms. The molecule has 0 bridgehead atoms. The van der Waals surface area contributed by atoms with Crippen molar-refractivity contribution in [2.45, 2.75) is 13.3 Å². The molecule has 0 aliphatic heterocycles. The Morgan fingerprint density at radius 2 is 1.83 bits per heavy atom. The fourth-order valence-electron chi connectivity index (χ4n) is 1.94. The van der Waals surface area contributed by atoms with E-state index in [1.165, 1.54) is 18.2 Å². The van der Waals surface area contributed by atoms with Gasteiger partial charge in [0.2, 0.25) is 0 Å². The number of nitro groups is 1. The summed E-state index contributed by atoms with van der Waals surface area (Å²) in [4.78, 5) is 22.2. The van der Waals surface area contributed by atoms with Crippen LogP contribution in [0.15, 0.2) is 48.5 Å². The topological polar surface area (TPSA) is 90.7 Å². The second-order valence-corrected chi connectivity index (χ2v) is 4.94. The van der Waals surface area contributed by atoms with Crippen molar-refractivity contribution in [2.75, 3.05) is 18.5 Å². The zero-order chi connectivity index (χ0) is 17.4. The van der Waals surface area contributed by atoms with Crippen molar-refractivity contribution < 1.29 is 19.2 Å². The third-order valence-corrected chi connectivity index (χ3v) is 3.01. The number of non-ortho nitro benzene ring substituents is 1. The summed E-state index contributed by atoms with van der Waals surface area (Å²) in [5.74, 6) is 0.628. The van der Waals surface area contributed by atoms with E-state index in [9.17, 15) is 14.9 Å². The van der Waals surface area contributed by atoms with Crippen LogP contribution in [-0.4, -0.2) is 24.0 Å². The summed E-state index contributed by atoms with van der Waals surface area (Å²) in [5.41, 5.74) is 0.250. The first kappa shape index (κ1) is 17.3. The Morgan fingerprint density at radius 1 is 1.12 bits per heavy atom. The number of anilines is 1. The molecule has 24 heavy (non-hydrogen) atoms. The van der Waals surface area contributed by atoms with Crippen LogP contribution in [0.2, 0.25) is 0 Å². The van der Waals surface area contributed by atoms with Gasteiger partial charge in [0.1, 0.15) is 0 Å². The summed E-state index contributed by atoms with van der Waals surface area (Å²) in [6, 6.07) is 12.8. The number of carbonyl (C=O) groups is 1. The quantitative estimate of drug-likeness (QED) is 0.592. The van der Waals surface area contributed by atoms with Crippen molar-refractivity contribution in [1.82, 2.24) is 0 Å². The molecule has 2 aromatic carbocycles. The van der Waals surface area contributed by atoms with Gasteiger partial charge in [-0.3, -0.25) is 14.9 Å². The molecule has 0 saturated carbocycles. The van der Waals surface area contributed by atoms with Crippen molar-refractivity contribution in [3.8, 4) is 11.5 Å². The van der Waals surface area contributed by atoms with Crippen LogP contribution in [0.5, 0.6) is 11.5 Å². The van der Waals surface area contributed by atoms with Crippen molar-refractivity contribution in [3.63, 3.8) is 0 Å². The number of nitrogens with zero attached hydrogens (tertiary/aromatic N) is 1. The van der Waals surface area contributed by atoms with E-state index in [4.69, 9.17) is 9.47 Å². The number of nitro benzene ring substituents is 1. The number of hydrogen-bond acceptors (Lipinski definition) is 5. The Hall–Kier alpha value is -3.09. The number of hydrogen-bond donors (Lipinski definition) is 1. The van der Waals surface area contributed by atoms with E-state index >= 15 is 0 Å². The van der Waals surface area contributed by atoms with Crippen molar-refractivity contribution in [3.05, 3.63) is 58.6 Å². The van der Waals surface area contributed by atoms with E-state index in [0.717, 1.165) is 6.42 Å². The summed E-state index contributed by atoms with van der Waals surface area (Å²) in [5, 5.41) is 13.3. The second-order valence-electron chi connectivity index (χ2n) is 4.94. The van der Waals surface area contributed by atoms with Crippen LogP contribution in [0.1, 0.15) is 13.3 Å². The molecule has 0 aromatic heterocycles. The maximum atomic E-state index is 11.9. The predicted octanol–water partition coefficient (Wildman–Crippen LogP) is 3.40. The number of rotatable bonds is 8. The van der Waals surface area contributed by atoms with E-state index in [2.05, 4.69) is 5.32 Å². The highest BCUT2D eigenvalue weighted by Crippen LogP contribution is 2.26. The summed E-state index contributed by atoms with van der Waals surface area (Å²) in [6.07, 6.45) is 0.863. The van der Waals surface area contributed by atoms with Gasteiger partial charge < -0.3 is 14.8 Å². The Bertz CT molecular complexity index is 718. The molecule has 126 valence electrons. The average Bonchev–Trinajstić information content (AvgIpc) is 2.59. The first-order valence-electron chi connectivity index (χ1n) is 7.49. The van der Waals surface area contributed by atoms with Crippen LogP contribution >= 0.6 is 0 Å². The molecule has 0 aliphatic carbocycles. The minimum Gasteiger partial charge on any atom is -0.490 e. The maximum Gasteiger partial charge on any atom is 0.271 e. The molecular weight excluding hydrogens is 312 g/mol. The molecule has 2 rings (SSSR count). The minimum atomic E-state index is -0.520. The molecule has 0 saturated heterocycles. The maximum absolute atomic E-state index is 11.9. The standard InChI is InChI=1S/C17H18N2O5/c1-2-10-23-15-8-3-4-9-16(15)24-12-17(20)18-13-6-5-7-14(11-13)19(21)22/h3-9,11H,2,10,12H2,1H3,(H,18,20). The normalized spacial score (nSPS) is 10.0. The first-order chi connectivity index (χ1) is 11.6. The third kappa shape index (κ3) is 4.98. The van der Waals surface area contributed by atoms with Gasteiger partial charge in [-0.2, -0.15) is 0 Å². The molecule has 0 heterocycles. The number of benzene rings is 2. The molecule has 7 nitrogen and oxygen atoms in total. The number of amides is 1. The van der Waals surface area contributed by atoms with Gasteiger partial charge >= 0.3 is 0 Å². The fourth-order valence-corrected chi connectivity index (χ4v) is 1.94. The number of ether oxygens (including phenoxy) is 2. The van der Waals surface area contributed by atoms with Crippen LogP contribution in [0.25, 0.3) is 0 Å². The van der Waals surface area contributed by atoms with E-state index in [-0.39, 0.29) is 12.3 Å². The van der Waals surface area contributed by atoms with Crippen LogP contribution < -0.4 is 14.8 Å². The highest BCUT2D eigenvalue weighted by Gasteiger charge is 2.10. The van der Waals surface area contributed by atoms with Crippen LogP contribution in [0, 0.1) is 10.1 Å². The summed E-state index contributed by atoms with van der Waals surface area (Å²) < 4.78 is 11.0. The number of para-hydroxylation sites is 2. The van der Waals surface area contributed by atoms with Gasteiger partial charge in [0.05, 0.1) is 11.5 Å². The number of carbonyl (C=O) groups excluding carboxylic acids is 1. The lowest BCUT2D eigenvalue weighted by molar-refractivity contribution is -0.384. The predicted molar refractivity (Wildman–Crippen MR) is 89.4 cm³/mol. The van der Waals surface area contributed by atoms with Gasteiger partial charge in [0.15, 0.2) is 18.1 Å². The van der Waals surface area contributed by atoms with E-state index in [1.54, 1.807) is 24.3 Å². The molecule has 0 aliphatic rings. The molecular formula is C17H18N2O5. The average molecular weight is 330 g/mol. The third-order valence-electron chi connectivity index (χ3n) is 3.01. The fraction of sp³-hybridized carbons (Fsp3) is 0.235. The zero-order valence-electron chi connectivity index (χ0n) is 13.2. The Balaban J connectivity index is 1.94. The smallest absolute Gasteiger partial charge is 0.271 e. The minimum absolute atomic E-state index is 0.0907. The van der Waals surface area contributed by atoms with Gasteiger partial charge in [-0.05, 0) is 24.6 Å². The molecule has 2 aromatic rings. The lowest BCUT2D eigenvalue weighted by atomic mass is 10.3. The van der Waals surface area contributed by atoms with Crippen molar-refractivity contribution >= 4 is 17.3 Å². The Labute approximate surface area is 139 Å². The van der Waals surface area contributed by atoms with Gasteiger partial charge in [-0.1, -0.05) is 25.1 Å². The molecule has 1 N–H and O–H groups in total. The Kier molecular flexibility index (Phi) is 6.13. The molecule has 0 fully saturated rings. The highest BCUT2D eigenvalue weighted by atomic mass is 16.6. The lowest BCUT2D eigenvalue weighted by Crippen LogP contribution is -2.20. The van der Waals surface area contributed by atoms with Gasteiger partial charge in [-0.15, -0.1) is 0 Å². The van der Waals surface area contributed by atoms with Gasteiger partial charge in [0.25, 0.3) is 11.6 Å². The highest BCUT2D eigenvalue weighted by molar-refractivity contribution is 5.92. The molecule has 0 atom stereocenters. The molecule has 1 amide bonds. The van der Waals surface area contributed by atoms with E-state index in [0.29, 0.717) is 23.8 Å². The zero-order valence-corrected chi connectivity index (χ0v) is 13.2. The molecule has 0 spiro atoms. The van der Waals surface area contributed by atoms with E-state index in [1.807, 2.05) is 13.0 Å². The van der Waals surface area contributed by atoms with Gasteiger partial charge in [0, 0.05) is 17.8 Å². The van der Waals surface area contributed by atoms with Crippen LogP contribution in [0.3, 0.4) is 0 Å². The van der Waals surface area contributed by atoms with Crippen LogP contribution in [-0.2, 0) is 4.79 Å². The summed E-state index contributed by atoms with van der Waals surface area (Å²) in [6.45, 7) is 2.32. The molecule has 0 unspecified atom stereocenters. The van der Waals surface area contributed by atoms with Crippen molar-refractivity contribution in [2.24, 2.45) is 0 Å². The second kappa shape index (κ2) is 8.52. The van der Waals surface area contributed by atoms with Crippen LogP contribution in [0.4, 0.5) is 11.4 Å². The van der Waals surface area contributed by atoms with Crippen molar-refractivity contribution in [1.29, 1.82) is 0 Å². The number of nitrogens with one attached hydrogen (secondary N) is 1. The SMILES string of the molecule is CCCOc1ccccc1OCC(=O)Nc1cccc([N+](=O)[O-])c1. The summed E-state index contributed by atoms with van der Waals surface area (Å²) in [7, 11) is 0. The van der Waals surface area contributed by atoms with Gasteiger partial charge in [-0.25, -0.2) is 0 Å². The molecule has 0 radical (unpaired) electrons. The largest absolute Gasteiger partial charge is 0.490 e. The first-order valence-corrected chi connectivity index (χ1v) is 7.49. The summed E-state index contributed by atoms with van der Waals surface area (Å²) >= 11 is 0. The van der Waals surface area contributed by atoms with E-state index < -0.39 is 10.8 Å². The lowest BCUT2D eigenvalue weighted by Gasteiger charge is -2.12. The Morgan fingerprint density at radius 3 is 2.50 bits per heavy atom.